The Kier molecular flexibility index (Phi) is 6.12. The van der Waals surface area contributed by atoms with Crippen molar-refractivity contribution in [3.05, 3.63) is 35.4 Å². The summed E-state index contributed by atoms with van der Waals surface area (Å²) in [4.78, 5) is 11.5. The lowest BCUT2D eigenvalue weighted by Crippen LogP contribution is -2.19. The van der Waals surface area contributed by atoms with E-state index in [0.717, 1.165) is 30.5 Å². The minimum atomic E-state index is -0.00471. The predicted octanol–water partition coefficient (Wildman–Crippen LogP) is 3.42. The summed E-state index contributed by atoms with van der Waals surface area (Å²) in [7, 11) is 0. The van der Waals surface area contributed by atoms with Crippen molar-refractivity contribution in [2.45, 2.75) is 46.5 Å². The largest absolute Gasteiger partial charge is 0.273 e. The van der Waals surface area contributed by atoms with Gasteiger partial charge in [-0.15, -0.1) is 0 Å². The summed E-state index contributed by atoms with van der Waals surface area (Å²) < 4.78 is 0. The molecule has 1 aromatic rings. The molecule has 3 heteroatoms. The van der Waals surface area contributed by atoms with E-state index in [-0.39, 0.29) is 5.91 Å². The standard InChI is InChI=1S/C15H22N2O/c1-4-6-7-15(18)17-16-14(5-2)13-10-8-12(3)9-11-13/h8-11H,4-7H2,1-3H3,(H,17,18)/b16-14+. The first-order valence-corrected chi connectivity index (χ1v) is 6.59. The van der Waals surface area contributed by atoms with Crippen LogP contribution in [0.5, 0.6) is 0 Å². The van der Waals surface area contributed by atoms with Gasteiger partial charge in [0.25, 0.3) is 0 Å². The highest BCUT2D eigenvalue weighted by Gasteiger charge is 2.03. The van der Waals surface area contributed by atoms with Gasteiger partial charge in [0, 0.05) is 6.42 Å². The second-order valence-electron chi connectivity index (χ2n) is 4.42. The van der Waals surface area contributed by atoms with Gasteiger partial charge in [0.15, 0.2) is 0 Å². The molecule has 1 rings (SSSR count). The van der Waals surface area contributed by atoms with Gasteiger partial charge in [-0.25, -0.2) is 5.43 Å². The maximum absolute atomic E-state index is 11.5. The third-order valence-corrected chi connectivity index (χ3v) is 2.79. The molecule has 0 heterocycles. The SMILES string of the molecule is CCCCC(=O)N/N=C(\CC)c1ccc(C)cc1. The molecule has 98 valence electrons. The Balaban J connectivity index is 2.65. The van der Waals surface area contributed by atoms with E-state index >= 15 is 0 Å². The van der Waals surface area contributed by atoms with Crippen molar-refractivity contribution >= 4 is 11.6 Å². The van der Waals surface area contributed by atoms with Gasteiger partial charge in [0.1, 0.15) is 0 Å². The number of rotatable bonds is 6. The van der Waals surface area contributed by atoms with Gasteiger partial charge in [-0.2, -0.15) is 5.10 Å². The number of carbonyl (C=O) groups is 1. The molecule has 0 aliphatic carbocycles. The van der Waals surface area contributed by atoms with Gasteiger partial charge < -0.3 is 0 Å². The van der Waals surface area contributed by atoms with Crippen LogP contribution in [0.1, 0.15) is 50.7 Å². The Morgan fingerprint density at radius 1 is 1.22 bits per heavy atom. The molecule has 3 nitrogen and oxygen atoms in total. The molecular weight excluding hydrogens is 224 g/mol. The van der Waals surface area contributed by atoms with Crippen molar-refractivity contribution in [2.75, 3.05) is 0 Å². The molecule has 0 saturated heterocycles. The Morgan fingerprint density at radius 2 is 1.89 bits per heavy atom. The topological polar surface area (TPSA) is 41.5 Å². The first-order valence-electron chi connectivity index (χ1n) is 6.59. The Bertz CT molecular complexity index is 407. The van der Waals surface area contributed by atoms with Crippen LogP contribution in [0, 0.1) is 6.92 Å². The van der Waals surface area contributed by atoms with E-state index in [9.17, 15) is 4.79 Å². The number of unbranched alkanes of at least 4 members (excludes halogenated alkanes) is 1. The van der Waals surface area contributed by atoms with Crippen LogP contribution in [0.2, 0.25) is 0 Å². The van der Waals surface area contributed by atoms with Gasteiger partial charge in [-0.3, -0.25) is 4.79 Å². The van der Waals surface area contributed by atoms with Crippen molar-refractivity contribution in [1.82, 2.24) is 5.43 Å². The van der Waals surface area contributed by atoms with E-state index in [4.69, 9.17) is 0 Å². The quantitative estimate of drug-likeness (QED) is 0.606. The second-order valence-corrected chi connectivity index (χ2v) is 4.42. The smallest absolute Gasteiger partial charge is 0.240 e. The van der Waals surface area contributed by atoms with Gasteiger partial charge in [0.05, 0.1) is 5.71 Å². The average Bonchev–Trinajstić information content (AvgIpc) is 2.39. The number of nitrogens with one attached hydrogen (secondary N) is 1. The van der Waals surface area contributed by atoms with Gasteiger partial charge in [-0.05, 0) is 25.3 Å². The molecule has 0 spiro atoms. The van der Waals surface area contributed by atoms with Crippen molar-refractivity contribution in [2.24, 2.45) is 5.10 Å². The molecule has 0 unspecified atom stereocenters. The fraction of sp³-hybridized carbons (Fsp3) is 0.467. The van der Waals surface area contributed by atoms with E-state index in [0.29, 0.717) is 6.42 Å². The van der Waals surface area contributed by atoms with Crippen LogP contribution in [-0.2, 0) is 4.79 Å². The van der Waals surface area contributed by atoms with E-state index in [1.807, 2.05) is 19.1 Å². The highest BCUT2D eigenvalue weighted by atomic mass is 16.2. The molecule has 1 aromatic carbocycles. The van der Waals surface area contributed by atoms with E-state index in [1.54, 1.807) is 0 Å². The summed E-state index contributed by atoms with van der Waals surface area (Å²) in [6.07, 6.45) is 3.28. The summed E-state index contributed by atoms with van der Waals surface area (Å²) in [6, 6.07) is 8.19. The number of hydrogen-bond donors (Lipinski definition) is 1. The maximum atomic E-state index is 11.5. The van der Waals surface area contributed by atoms with Crippen LogP contribution in [0.25, 0.3) is 0 Å². The van der Waals surface area contributed by atoms with Crippen molar-refractivity contribution in [1.29, 1.82) is 0 Å². The van der Waals surface area contributed by atoms with E-state index < -0.39 is 0 Å². The van der Waals surface area contributed by atoms with Crippen LogP contribution in [0.4, 0.5) is 0 Å². The fourth-order valence-corrected chi connectivity index (χ4v) is 1.62. The lowest BCUT2D eigenvalue weighted by molar-refractivity contribution is -0.121. The van der Waals surface area contributed by atoms with Gasteiger partial charge in [-0.1, -0.05) is 50.1 Å². The second kappa shape index (κ2) is 7.64. The number of benzene rings is 1. The van der Waals surface area contributed by atoms with E-state index in [2.05, 4.69) is 36.5 Å². The number of nitrogens with zero attached hydrogens (tertiary/aromatic N) is 1. The molecule has 18 heavy (non-hydrogen) atoms. The normalized spacial score (nSPS) is 11.4. The first kappa shape index (κ1) is 14.4. The Hall–Kier alpha value is -1.64. The Labute approximate surface area is 109 Å². The lowest BCUT2D eigenvalue weighted by Gasteiger charge is -2.05. The van der Waals surface area contributed by atoms with Gasteiger partial charge >= 0.3 is 0 Å². The lowest BCUT2D eigenvalue weighted by atomic mass is 10.1. The molecule has 0 atom stereocenters. The number of amides is 1. The summed E-state index contributed by atoms with van der Waals surface area (Å²) in [6.45, 7) is 6.16. The van der Waals surface area contributed by atoms with Crippen LogP contribution >= 0.6 is 0 Å². The van der Waals surface area contributed by atoms with Gasteiger partial charge in [0.2, 0.25) is 5.91 Å². The zero-order valence-electron chi connectivity index (χ0n) is 11.5. The summed E-state index contributed by atoms with van der Waals surface area (Å²) in [5, 5.41) is 4.21. The number of hydrazone groups is 1. The monoisotopic (exact) mass is 246 g/mol. The zero-order chi connectivity index (χ0) is 13.4. The molecule has 1 N–H and O–H groups in total. The van der Waals surface area contributed by atoms with Crippen LogP contribution in [-0.4, -0.2) is 11.6 Å². The fourth-order valence-electron chi connectivity index (χ4n) is 1.62. The molecule has 0 aliphatic heterocycles. The molecule has 0 aliphatic rings. The third-order valence-electron chi connectivity index (χ3n) is 2.79. The molecule has 1 amide bonds. The third kappa shape index (κ3) is 4.70. The molecule has 0 aromatic heterocycles. The number of aryl methyl sites for hydroxylation is 1. The predicted molar refractivity (Wildman–Crippen MR) is 75.7 cm³/mol. The minimum absolute atomic E-state index is 0.00471. The number of carbonyl (C=O) groups excluding carboxylic acids is 1. The summed E-state index contributed by atoms with van der Waals surface area (Å²) in [5.74, 6) is -0.00471. The maximum Gasteiger partial charge on any atom is 0.240 e. The molecule has 0 fully saturated rings. The van der Waals surface area contributed by atoms with Crippen LogP contribution in [0.15, 0.2) is 29.4 Å². The Morgan fingerprint density at radius 3 is 2.44 bits per heavy atom. The van der Waals surface area contributed by atoms with Crippen molar-refractivity contribution in [3.63, 3.8) is 0 Å². The first-order chi connectivity index (χ1) is 8.67. The molecule has 0 radical (unpaired) electrons. The van der Waals surface area contributed by atoms with Crippen molar-refractivity contribution < 1.29 is 4.79 Å². The molecule has 0 saturated carbocycles. The van der Waals surface area contributed by atoms with E-state index in [1.165, 1.54) is 5.56 Å². The van der Waals surface area contributed by atoms with Crippen molar-refractivity contribution in [3.8, 4) is 0 Å². The zero-order valence-corrected chi connectivity index (χ0v) is 11.5. The minimum Gasteiger partial charge on any atom is -0.273 e. The molecular formula is C15H22N2O. The van der Waals surface area contributed by atoms with Crippen LogP contribution < -0.4 is 5.43 Å². The highest BCUT2D eigenvalue weighted by Crippen LogP contribution is 2.06. The summed E-state index contributed by atoms with van der Waals surface area (Å²) >= 11 is 0. The highest BCUT2D eigenvalue weighted by molar-refractivity contribution is 6.00. The molecule has 0 bridgehead atoms. The van der Waals surface area contributed by atoms with Crippen LogP contribution in [0.3, 0.4) is 0 Å². The average molecular weight is 246 g/mol. The summed E-state index contributed by atoms with van der Waals surface area (Å²) in [5.41, 5.74) is 5.84. The number of hydrogen-bond acceptors (Lipinski definition) is 2.